The lowest BCUT2D eigenvalue weighted by atomic mass is 10.0. The van der Waals surface area contributed by atoms with Gasteiger partial charge >= 0.3 is 0 Å². The van der Waals surface area contributed by atoms with Gasteiger partial charge in [0, 0.05) is 43.8 Å². The Labute approximate surface area is 205 Å². The second kappa shape index (κ2) is 12.2. The lowest BCUT2D eigenvalue weighted by Crippen LogP contribution is -2.37. The third kappa shape index (κ3) is 6.77. The highest BCUT2D eigenvalue weighted by Crippen LogP contribution is 2.27. The van der Waals surface area contributed by atoms with E-state index in [-0.39, 0.29) is 24.0 Å². The third-order valence-corrected chi connectivity index (χ3v) is 6.65. The minimum Gasteiger partial charge on any atom is -0.356 e. The number of halogens is 1. The van der Waals surface area contributed by atoms with Crippen molar-refractivity contribution >= 4 is 41.3 Å². The minimum atomic E-state index is 0. The first kappa shape index (κ1) is 23.7. The average molecular weight is 551 g/mol. The number of hydrogen-bond donors (Lipinski definition) is 2. The van der Waals surface area contributed by atoms with Crippen molar-refractivity contribution < 1.29 is 0 Å². The predicted molar refractivity (Wildman–Crippen MR) is 138 cm³/mol. The number of guanidine groups is 1. The summed E-state index contributed by atoms with van der Waals surface area (Å²) in [4.78, 5) is 10.7. The van der Waals surface area contributed by atoms with Gasteiger partial charge in [-0.25, -0.2) is 4.98 Å². The van der Waals surface area contributed by atoms with Crippen molar-refractivity contribution in [3.8, 4) is 0 Å². The first-order chi connectivity index (χ1) is 14.8. The highest BCUT2D eigenvalue weighted by atomic mass is 127. The summed E-state index contributed by atoms with van der Waals surface area (Å²) in [5, 5.41) is 12.5. The molecule has 0 bridgehead atoms. The van der Waals surface area contributed by atoms with E-state index >= 15 is 0 Å². The zero-order valence-electron chi connectivity index (χ0n) is 18.0. The number of aryl methyl sites for hydroxylation is 3. The summed E-state index contributed by atoms with van der Waals surface area (Å²) in [6, 6.07) is 10.4. The lowest BCUT2D eigenvalue weighted by molar-refractivity contribution is 0.675. The van der Waals surface area contributed by atoms with Gasteiger partial charge in [-0.2, -0.15) is 5.10 Å². The van der Waals surface area contributed by atoms with Crippen LogP contribution in [-0.2, 0) is 32.4 Å². The van der Waals surface area contributed by atoms with Crippen LogP contribution in [0.2, 0.25) is 0 Å². The number of nitrogens with one attached hydrogen (secondary N) is 2. The predicted octanol–water partition coefficient (Wildman–Crippen LogP) is 4.18. The van der Waals surface area contributed by atoms with E-state index in [0.717, 1.165) is 38.4 Å². The highest BCUT2D eigenvalue weighted by Gasteiger charge is 2.14. The van der Waals surface area contributed by atoms with Gasteiger partial charge in [0.2, 0.25) is 0 Å². The molecule has 166 valence electrons. The molecule has 0 unspecified atom stereocenters. The highest BCUT2D eigenvalue weighted by molar-refractivity contribution is 14.0. The maximum Gasteiger partial charge on any atom is 0.191 e. The number of hydrogen-bond acceptors (Lipinski definition) is 4. The number of rotatable bonds is 8. The quantitative estimate of drug-likeness (QED) is 0.191. The van der Waals surface area contributed by atoms with Crippen LogP contribution in [0.4, 0.5) is 0 Å². The number of benzene rings is 1. The summed E-state index contributed by atoms with van der Waals surface area (Å²) in [7, 11) is 1.82. The maximum absolute atomic E-state index is 4.84. The number of aliphatic imine (C=N–C) groups is 1. The van der Waals surface area contributed by atoms with E-state index in [1.165, 1.54) is 52.4 Å². The Morgan fingerprint density at radius 1 is 1.13 bits per heavy atom. The molecule has 0 radical (unpaired) electrons. The molecule has 2 N–H and O–H groups in total. The molecule has 8 heteroatoms. The number of thiazole rings is 1. The molecule has 0 spiro atoms. The Kier molecular flexibility index (Phi) is 9.32. The lowest BCUT2D eigenvalue weighted by Gasteiger charge is -2.14. The molecule has 1 aliphatic carbocycles. The maximum atomic E-state index is 4.84. The molecular formula is C23H31IN6S. The first-order valence-corrected chi connectivity index (χ1v) is 11.6. The Morgan fingerprint density at radius 3 is 2.74 bits per heavy atom. The van der Waals surface area contributed by atoms with E-state index in [1.807, 2.05) is 41.5 Å². The van der Waals surface area contributed by atoms with Gasteiger partial charge in [0.25, 0.3) is 0 Å². The summed E-state index contributed by atoms with van der Waals surface area (Å²) < 4.78 is 1.95. The fourth-order valence-corrected chi connectivity index (χ4v) is 5.01. The van der Waals surface area contributed by atoms with Crippen LogP contribution in [0.25, 0.3) is 0 Å². The van der Waals surface area contributed by atoms with Crippen molar-refractivity contribution in [3.63, 3.8) is 0 Å². The molecule has 0 atom stereocenters. The molecular weight excluding hydrogens is 519 g/mol. The van der Waals surface area contributed by atoms with Crippen LogP contribution in [0.1, 0.15) is 46.0 Å². The average Bonchev–Trinajstić information content (AvgIpc) is 3.43. The Bertz CT molecular complexity index is 943. The Morgan fingerprint density at radius 2 is 1.97 bits per heavy atom. The molecule has 6 nitrogen and oxygen atoms in total. The fraction of sp³-hybridized carbons (Fsp3) is 0.435. The van der Waals surface area contributed by atoms with Crippen molar-refractivity contribution in [2.24, 2.45) is 4.99 Å². The Hall–Kier alpha value is -1.94. The summed E-state index contributed by atoms with van der Waals surface area (Å²) in [6.45, 7) is 2.39. The molecule has 4 rings (SSSR count). The standard InChI is InChI=1S/C23H30N6S.HI/c1-24-23(25-13-6-12-22-28-20-10-4-5-11-21(20)30-22)26-16-18-8-2-3-9-19(18)17-29-15-7-14-27-29;/h2-3,7-9,14-15H,4-6,10-13,16-17H2,1H3,(H2,24,25,26);1H. The van der Waals surface area contributed by atoms with Gasteiger partial charge in [0.05, 0.1) is 17.2 Å². The van der Waals surface area contributed by atoms with E-state index in [4.69, 9.17) is 4.98 Å². The van der Waals surface area contributed by atoms with Gasteiger partial charge in [0.15, 0.2) is 5.96 Å². The van der Waals surface area contributed by atoms with Gasteiger partial charge in [-0.15, -0.1) is 35.3 Å². The van der Waals surface area contributed by atoms with Gasteiger partial charge in [-0.1, -0.05) is 24.3 Å². The topological polar surface area (TPSA) is 67.1 Å². The first-order valence-electron chi connectivity index (χ1n) is 10.8. The third-order valence-electron chi connectivity index (χ3n) is 5.43. The smallest absolute Gasteiger partial charge is 0.191 e. The fourth-order valence-electron chi connectivity index (χ4n) is 3.81. The molecule has 0 amide bonds. The van der Waals surface area contributed by atoms with Crippen molar-refractivity contribution in [3.05, 3.63) is 69.4 Å². The number of aromatic nitrogens is 3. The molecule has 0 saturated carbocycles. The zero-order valence-corrected chi connectivity index (χ0v) is 21.2. The minimum absolute atomic E-state index is 0. The van der Waals surface area contributed by atoms with Crippen LogP contribution in [0, 0.1) is 0 Å². The molecule has 1 aromatic carbocycles. The van der Waals surface area contributed by atoms with E-state index in [2.05, 4.69) is 45.0 Å². The van der Waals surface area contributed by atoms with Gasteiger partial charge in [-0.05, 0) is 49.3 Å². The molecule has 3 aromatic rings. The van der Waals surface area contributed by atoms with E-state index in [1.54, 1.807) is 0 Å². The number of nitrogens with zero attached hydrogens (tertiary/aromatic N) is 4. The second-order valence-electron chi connectivity index (χ2n) is 7.61. The van der Waals surface area contributed by atoms with Gasteiger partial charge in [0.1, 0.15) is 0 Å². The van der Waals surface area contributed by atoms with Crippen molar-refractivity contribution in [1.29, 1.82) is 0 Å². The summed E-state index contributed by atoms with van der Waals surface area (Å²) >= 11 is 1.92. The van der Waals surface area contributed by atoms with E-state index < -0.39 is 0 Å². The normalized spacial score (nSPS) is 13.4. The van der Waals surface area contributed by atoms with Gasteiger partial charge in [-0.3, -0.25) is 9.67 Å². The monoisotopic (exact) mass is 550 g/mol. The summed E-state index contributed by atoms with van der Waals surface area (Å²) in [5.74, 6) is 0.835. The largest absolute Gasteiger partial charge is 0.356 e. The molecule has 2 heterocycles. The van der Waals surface area contributed by atoms with Gasteiger partial charge < -0.3 is 10.6 Å². The van der Waals surface area contributed by atoms with E-state index in [9.17, 15) is 0 Å². The summed E-state index contributed by atoms with van der Waals surface area (Å²) in [5.41, 5.74) is 3.88. The molecule has 2 aromatic heterocycles. The second-order valence-corrected chi connectivity index (χ2v) is 8.78. The van der Waals surface area contributed by atoms with Crippen molar-refractivity contribution in [1.82, 2.24) is 25.4 Å². The van der Waals surface area contributed by atoms with E-state index in [0.29, 0.717) is 0 Å². The molecule has 1 aliphatic rings. The Balaban J connectivity index is 0.00000272. The molecule has 0 aliphatic heterocycles. The molecule has 31 heavy (non-hydrogen) atoms. The van der Waals surface area contributed by atoms with Crippen LogP contribution in [0.5, 0.6) is 0 Å². The van der Waals surface area contributed by atoms with Crippen LogP contribution < -0.4 is 10.6 Å². The van der Waals surface area contributed by atoms with Crippen LogP contribution in [-0.4, -0.2) is 34.3 Å². The van der Waals surface area contributed by atoms with Crippen LogP contribution >= 0.6 is 35.3 Å². The SMILES string of the molecule is CN=C(NCCCc1nc2c(s1)CCCC2)NCc1ccccc1Cn1cccn1.I. The van der Waals surface area contributed by atoms with Crippen molar-refractivity contribution in [2.75, 3.05) is 13.6 Å². The van der Waals surface area contributed by atoms with Crippen molar-refractivity contribution in [2.45, 2.75) is 51.6 Å². The zero-order chi connectivity index (χ0) is 20.6. The van der Waals surface area contributed by atoms with Crippen LogP contribution in [0.15, 0.2) is 47.7 Å². The van der Waals surface area contributed by atoms with Crippen LogP contribution in [0.3, 0.4) is 0 Å². The molecule has 0 fully saturated rings. The number of fused-ring (bicyclic) bond motifs is 1. The molecule has 0 saturated heterocycles. The summed E-state index contributed by atoms with van der Waals surface area (Å²) in [6.07, 6.45) is 10.9.